The Bertz CT molecular complexity index is 584. The Kier molecular flexibility index (Phi) is 4.21. The number of carbonyl (C=O) groups is 3. The molecule has 21 heavy (non-hydrogen) atoms. The molecule has 2 N–H and O–H groups in total. The summed E-state index contributed by atoms with van der Waals surface area (Å²) < 4.78 is 1.27. The molecule has 9 heteroatoms. The van der Waals surface area contributed by atoms with Gasteiger partial charge in [-0.05, 0) is 13.8 Å². The third-order valence-electron chi connectivity index (χ3n) is 3.12. The van der Waals surface area contributed by atoms with Crippen LogP contribution in [0.2, 0.25) is 0 Å². The fourth-order valence-electron chi connectivity index (χ4n) is 1.71. The first-order valence-corrected chi connectivity index (χ1v) is 7.40. The van der Waals surface area contributed by atoms with E-state index in [1.54, 1.807) is 0 Å². The van der Waals surface area contributed by atoms with E-state index < -0.39 is 11.5 Å². The lowest BCUT2D eigenvalue weighted by atomic mass is 10.1. The summed E-state index contributed by atoms with van der Waals surface area (Å²) in [6, 6.07) is 0. The van der Waals surface area contributed by atoms with E-state index in [1.165, 1.54) is 47.6 Å². The van der Waals surface area contributed by atoms with Gasteiger partial charge in [0.2, 0.25) is 11.8 Å². The molecule has 0 aliphatic carbocycles. The molecule has 2 heterocycles. The van der Waals surface area contributed by atoms with E-state index in [1.807, 2.05) is 0 Å². The number of aliphatic carboxylic acids is 1. The van der Waals surface area contributed by atoms with Crippen molar-refractivity contribution < 1.29 is 19.5 Å². The number of carboxylic acids is 1. The highest BCUT2D eigenvalue weighted by molar-refractivity contribution is 8.00. The molecule has 0 spiro atoms. The second kappa shape index (κ2) is 5.76. The van der Waals surface area contributed by atoms with E-state index in [4.69, 9.17) is 5.11 Å². The number of rotatable bonds is 5. The maximum Gasteiger partial charge on any atom is 0.331 e. The van der Waals surface area contributed by atoms with E-state index in [-0.39, 0.29) is 18.4 Å². The van der Waals surface area contributed by atoms with Crippen molar-refractivity contribution in [2.75, 3.05) is 23.5 Å². The highest BCUT2D eigenvalue weighted by Gasteiger charge is 2.30. The molecule has 114 valence electrons. The Morgan fingerprint density at radius 3 is 2.81 bits per heavy atom. The van der Waals surface area contributed by atoms with Crippen LogP contribution in [-0.4, -0.2) is 55.7 Å². The lowest BCUT2D eigenvalue weighted by Gasteiger charge is -2.19. The first-order chi connectivity index (χ1) is 9.80. The second-order valence-electron chi connectivity index (χ2n) is 5.16. The van der Waals surface area contributed by atoms with Gasteiger partial charge in [-0.25, -0.2) is 4.79 Å². The molecular formula is C12H16N4O4S. The number of nitrogens with one attached hydrogen (secondary N) is 1. The van der Waals surface area contributed by atoms with Crippen LogP contribution in [0, 0.1) is 0 Å². The molecule has 1 aromatic rings. The van der Waals surface area contributed by atoms with Gasteiger partial charge in [-0.1, -0.05) is 0 Å². The van der Waals surface area contributed by atoms with E-state index in [0.29, 0.717) is 17.3 Å². The smallest absolute Gasteiger partial charge is 0.331 e. The summed E-state index contributed by atoms with van der Waals surface area (Å²) in [6.45, 7) is 3.00. The van der Waals surface area contributed by atoms with Crippen LogP contribution in [-0.2, 0) is 19.9 Å². The normalized spacial score (nSPS) is 15.3. The third-order valence-corrected chi connectivity index (χ3v) is 4.07. The third kappa shape index (κ3) is 3.35. The van der Waals surface area contributed by atoms with Gasteiger partial charge in [0.1, 0.15) is 6.54 Å². The van der Waals surface area contributed by atoms with Crippen molar-refractivity contribution in [3.05, 3.63) is 12.4 Å². The van der Waals surface area contributed by atoms with Crippen LogP contribution < -0.4 is 5.32 Å². The summed E-state index contributed by atoms with van der Waals surface area (Å²) in [7, 11) is 0. The summed E-state index contributed by atoms with van der Waals surface area (Å²) in [4.78, 5) is 35.8. The van der Waals surface area contributed by atoms with Gasteiger partial charge in [0.25, 0.3) is 0 Å². The van der Waals surface area contributed by atoms with Crippen molar-refractivity contribution in [1.29, 1.82) is 0 Å². The standard InChI is InChI=1S/C12H16N4O4S/c1-12(2,11(19)20)16-4-8(3-13-16)14-9(17)5-15-7-21-6-10(15)18/h3-4H,5-7H2,1-2H3,(H,14,17)(H,19,20). The molecule has 1 saturated heterocycles. The number of hydrogen-bond donors (Lipinski definition) is 2. The first-order valence-electron chi connectivity index (χ1n) is 6.24. The maximum absolute atomic E-state index is 11.8. The van der Waals surface area contributed by atoms with E-state index in [9.17, 15) is 14.4 Å². The van der Waals surface area contributed by atoms with Crippen molar-refractivity contribution in [2.24, 2.45) is 0 Å². The quantitative estimate of drug-likeness (QED) is 0.803. The number of nitrogens with zero attached hydrogens (tertiary/aromatic N) is 3. The van der Waals surface area contributed by atoms with Crippen LogP contribution in [0.25, 0.3) is 0 Å². The average Bonchev–Trinajstić information content (AvgIpc) is 3.00. The fraction of sp³-hybridized carbons (Fsp3) is 0.500. The highest BCUT2D eigenvalue weighted by atomic mass is 32.2. The molecule has 0 radical (unpaired) electrons. The molecule has 0 bridgehead atoms. The number of hydrogen-bond acceptors (Lipinski definition) is 5. The predicted octanol–water partition coefficient (Wildman–Crippen LogP) is 0.174. The number of aromatic nitrogens is 2. The van der Waals surface area contributed by atoms with Gasteiger partial charge in [-0.15, -0.1) is 11.8 Å². The van der Waals surface area contributed by atoms with Crippen molar-refractivity contribution >= 4 is 35.2 Å². The Balaban J connectivity index is 1.98. The molecule has 1 aliphatic heterocycles. The van der Waals surface area contributed by atoms with Crippen LogP contribution in [0.4, 0.5) is 5.69 Å². The lowest BCUT2D eigenvalue weighted by Crippen LogP contribution is -2.36. The molecule has 1 aliphatic rings. The second-order valence-corrected chi connectivity index (χ2v) is 6.11. The SMILES string of the molecule is CC(C)(C(=O)O)n1cc(NC(=O)CN2CSCC2=O)cn1. The zero-order valence-corrected chi connectivity index (χ0v) is 12.5. The van der Waals surface area contributed by atoms with Crippen LogP contribution >= 0.6 is 11.8 Å². The van der Waals surface area contributed by atoms with Gasteiger partial charge in [0.05, 0.1) is 23.5 Å². The van der Waals surface area contributed by atoms with Crippen molar-refractivity contribution in [3.63, 3.8) is 0 Å². The van der Waals surface area contributed by atoms with Gasteiger partial charge in [0.15, 0.2) is 5.54 Å². The van der Waals surface area contributed by atoms with E-state index in [2.05, 4.69) is 10.4 Å². The topological polar surface area (TPSA) is 105 Å². The van der Waals surface area contributed by atoms with E-state index in [0.717, 1.165) is 0 Å². The van der Waals surface area contributed by atoms with E-state index >= 15 is 0 Å². The van der Waals surface area contributed by atoms with Crippen molar-refractivity contribution in [1.82, 2.24) is 14.7 Å². The maximum atomic E-state index is 11.8. The van der Waals surface area contributed by atoms with Gasteiger partial charge >= 0.3 is 5.97 Å². The Morgan fingerprint density at radius 2 is 2.24 bits per heavy atom. The average molecular weight is 312 g/mol. The molecule has 0 saturated carbocycles. The van der Waals surface area contributed by atoms with Crippen LogP contribution in [0.5, 0.6) is 0 Å². The number of anilines is 1. The minimum atomic E-state index is -1.20. The van der Waals surface area contributed by atoms with Gasteiger partial charge in [-0.2, -0.15) is 5.10 Å². The van der Waals surface area contributed by atoms with Crippen molar-refractivity contribution in [2.45, 2.75) is 19.4 Å². The van der Waals surface area contributed by atoms with Gasteiger partial charge in [-0.3, -0.25) is 14.3 Å². The highest BCUT2D eigenvalue weighted by Crippen LogP contribution is 2.18. The Morgan fingerprint density at radius 1 is 1.52 bits per heavy atom. The van der Waals surface area contributed by atoms with Crippen LogP contribution in [0.1, 0.15) is 13.8 Å². The molecule has 0 aromatic carbocycles. The molecule has 1 fully saturated rings. The molecular weight excluding hydrogens is 296 g/mol. The van der Waals surface area contributed by atoms with Crippen LogP contribution in [0.15, 0.2) is 12.4 Å². The Labute approximate surface area is 125 Å². The zero-order valence-electron chi connectivity index (χ0n) is 11.7. The Hall–Kier alpha value is -2.03. The molecule has 2 amide bonds. The minimum absolute atomic E-state index is 0.0145. The summed E-state index contributed by atoms with van der Waals surface area (Å²) in [6.07, 6.45) is 2.83. The number of carboxylic acid groups (broad SMARTS) is 1. The predicted molar refractivity (Wildman–Crippen MR) is 76.9 cm³/mol. The number of thioether (sulfide) groups is 1. The minimum Gasteiger partial charge on any atom is -0.479 e. The zero-order chi connectivity index (χ0) is 15.6. The summed E-state index contributed by atoms with van der Waals surface area (Å²) >= 11 is 1.46. The monoisotopic (exact) mass is 312 g/mol. The van der Waals surface area contributed by atoms with Gasteiger partial charge in [0, 0.05) is 6.20 Å². The largest absolute Gasteiger partial charge is 0.479 e. The molecule has 0 unspecified atom stereocenters. The molecule has 2 rings (SSSR count). The van der Waals surface area contributed by atoms with Crippen LogP contribution in [0.3, 0.4) is 0 Å². The molecule has 0 atom stereocenters. The summed E-state index contributed by atoms with van der Waals surface area (Å²) in [5, 5.41) is 15.7. The van der Waals surface area contributed by atoms with Gasteiger partial charge < -0.3 is 15.3 Å². The van der Waals surface area contributed by atoms with Crippen molar-refractivity contribution in [3.8, 4) is 0 Å². The number of amides is 2. The lowest BCUT2D eigenvalue weighted by molar-refractivity contribution is -0.146. The summed E-state index contributed by atoms with van der Waals surface area (Å²) in [5.74, 6) is -0.505. The first kappa shape index (κ1) is 15.4. The number of carbonyl (C=O) groups excluding carboxylic acids is 2. The fourth-order valence-corrected chi connectivity index (χ4v) is 2.61. The molecule has 8 nitrogen and oxygen atoms in total. The molecule has 1 aromatic heterocycles. The summed E-state index contributed by atoms with van der Waals surface area (Å²) in [5.41, 5.74) is -0.807.